The highest BCUT2D eigenvalue weighted by Crippen LogP contribution is 1.99. The molecule has 0 aromatic carbocycles. The molecule has 1 atom stereocenters. The Morgan fingerprint density at radius 3 is 3.06 bits per heavy atom. The molecule has 0 saturated carbocycles. The predicted molar refractivity (Wildman–Crippen MR) is 58.5 cm³/mol. The number of aliphatic hydroxyl groups excluding tert-OH is 1. The first-order chi connectivity index (χ1) is 8.11. The van der Waals surface area contributed by atoms with Crippen LogP contribution >= 0.6 is 0 Å². The van der Waals surface area contributed by atoms with Gasteiger partial charge in [0, 0.05) is 19.2 Å². The Morgan fingerprint density at radius 1 is 1.65 bits per heavy atom. The molecule has 0 fully saturated rings. The number of ether oxygens (including phenoxy) is 1. The van der Waals surface area contributed by atoms with Crippen LogP contribution in [-0.4, -0.2) is 50.5 Å². The molecule has 0 bridgehead atoms. The summed E-state index contributed by atoms with van der Waals surface area (Å²) in [5.41, 5.74) is 0.607. The minimum Gasteiger partial charge on any atom is -0.481 e. The highest BCUT2D eigenvalue weighted by Gasteiger charge is 2.08. The average molecular weight is 243 g/mol. The van der Waals surface area contributed by atoms with Crippen LogP contribution < -0.4 is 0 Å². The number of carbonyl (C=O) groups is 1. The van der Waals surface area contributed by atoms with Gasteiger partial charge in [-0.1, -0.05) is 5.21 Å². The number of aromatic nitrogens is 3. The minimum atomic E-state index is -0.865. The molecule has 0 saturated heterocycles. The monoisotopic (exact) mass is 243 g/mol. The zero-order chi connectivity index (χ0) is 12.7. The second-order valence-electron chi connectivity index (χ2n) is 3.64. The summed E-state index contributed by atoms with van der Waals surface area (Å²) < 4.78 is 6.55. The molecular formula is C10H17N3O4. The Balaban J connectivity index is 2.37. The molecule has 0 aliphatic rings. The minimum absolute atomic E-state index is 0.0280. The number of hydrogen-bond acceptors (Lipinski definition) is 5. The molecule has 0 aliphatic heterocycles. The summed E-state index contributed by atoms with van der Waals surface area (Å²) in [5, 5.41) is 25.7. The van der Waals surface area contributed by atoms with E-state index in [4.69, 9.17) is 9.84 Å². The summed E-state index contributed by atoms with van der Waals surface area (Å²) in [6.07, 6.45) is 1.37. The van der Waals surface area contributed by atoms with Crippen molar-refractivity contribution in [2.75, 3.05) is 13.2 Å². The smallest absolute Gasteiger partial charge is 0.303 e. The summed E-state index contributed by atoms with van der Waals surface area (Å²) in [4.78, 5) is 10.4. The Bertz CT molecular complexity index is 353. The van der Waals surface area contributed by atoms with Crippen molar-refractivity contribution in [3.63, 3.8) is 0 Å². The molecule has 0 spiro atoms. The van der Waals surface area contributed by atoms with Gasteiger partial charge in [0.05, 0.1) is 31.4 Å². The maximum Gasteiger partial charge on any atom is 0.303 e. The lowest BCUT2D eigenvalue weighted by molar-refractivity contribution is -0.136. The van der Waals surface area contributed by atoms with E-state index in [1.807, 2.05) is 6.92 Å². The molecule has 0 radical (unpaired) electrons. The molecule has 0 amide bonds. The van der Waals surface area contributed by atoms with Gasteiger partial charge < -0.3 is 14.9 Å². The fraction of sp³-hybridized carbons (Fsp3) is 0.700. The standard InChI is InChI=1S/C10H17N3O4/c1-2-17-7-9(14)6-13-5-8(11-12-13)3-4-10(15)16/h5,9,14H,2-4,6-7H2,1H3,(H,15,16). The SMILES string of the molecule is CCOCC(O)Cn1cc(CCC(=O)O)nn1. The van der Waals surface area contributed by atoms with Crippen LogP contribution in [0.15, 0.2) is 6.20 Å². The molecule has 7 heteroatoms. The predicted octanol–water partition coefficient (Wildman–Crippen LogP) is -0.307. The highest BCUT2D eigenvalue weighted by atomic mass is 16.5. The second kappa shape index (κ2) is 6.97. The van der Waals surface area contributed by atoms with Crippen LogP contribution in [0.1, 0.15) is 19.0 Å². The van der Waals surface area contributed by atoms with E-state index in [1.165, 1.54) is 4.68 Å². The van der Waals surface area contributed by atoms with Crippen molar-refractivity contribution in [2.45, 2.75) is 32.4 Å². The number of carboxylic acids is 1. The van der Waals surface area contributed by atoms with Crippen molar-refractivity contribution in [3.8, 4) is 0 Å². The summed E-state index contributed by atoms with van der Waals surface area (Å²) in [5.74, 6) is -0.865. The molecule has 7 nitrogen and oxygen atoms in total. The lowest BCUT2D eigenvalue weighted by atomic mass is 10.2. The average Bonchev–Trinajstić information content (AvgIpc) is 2.71. The third-order valence-corrected chi connectivity index (χ3v) is 2.09. The summed E-state index contributed by atoms with van der Waals surface area (Å²) in [7, 11) is 0. The third-order valence-electron chi connectivity index (χ3n) is 2.09. The van der Waals surface area contributed by atoms with Gasteiger partial charge >= 0.3 is 5.97 Å². The largest absolute Gasteiger partial charge is 0.481 e. The fourth-order valence-corrected chi connectivity index (χ4v) is 1.30. The number of rotatable bonds is 8. The van der Waals surface area contributed by atoms with Gasteiger partial charge in [0.2, 0.25) is 0 Å². The molecular weight excluding hydrogens is 226 g/mol. The van der Waals surface area contributed by atoms with Gasteiger partial charge in [0.1, 0.15) is 0 Å². The van der Waals surface area contributed by atoms with Crippen LogP contribution in [0, 0.1) is 0 Å². The summed E-state index contributed by atoms with van der Waals surface area (Å²) >= 11 is 0. The molecule has 1 aromatic heterocycles. The first kappa shape index (κ1) is 13.6. The van der Waals surface area contributed by atoms with E-state index in [-0.39, 0.29) is 13.0 Å². The van der Waals surface area contributed by atoms with Crippen molar-refractivity contribution in [2.24, 2.45) is 0 Å². The Hall–Kier alpha value is -1.47. The summed E-state index contributed by atoms with van der Waals surface area (Å²) in [6, 6.07) is 0. The normalized spacial score (nSPS) is 12.6. The van der Waals surface area contributed by atoms with Crippen molar-refractivity contribution >= 4 is 5.97 Å². The van der Waals surface area contributed by atoms with Crippen molar-refractivity contribution < 1.29 is 19.7 Å². The summed E-state index contributed by atoms with van der Waals surface area (Å²) in [6.45, 7) is 2.95. The first-order valence-electron chi connectivity index (χ1n) is 5.48. The van der Waals surface area contributed by atoms with E-state index in [1.54, 1.807) is 6.20 Å². The maximum absolute atomic E-state index is 10.4. The molecule has 17 heavy (non-hydrogen) atoms. The molecule has 0 aliphatic carbocycles. The van der Waals surface area contributed by atoms with E-state index in [2.05, 4.69) is 10.3 Å². The van der Waals surface area contributed by atoms with Gasteiger partial charge in [-0.05, 0) is 6.92 Å². The Kier molecular flexibility index (Phi) is 5.58. The Morgan fingerprint density at radius 2 is 2.41 bits per heavy atom. The number of hydrogen-bond donors (Lipinski definition) is 2. The number of aliphatic carboxylic acids is 1. The third kappa shape index (κ3) is 5.41. The number of aliphatic hydroxyl groups is 1. The zero-order valence-corrected chi connectivity index (χ0v) is 9.74. The molecule has 96 valence electrons. The highest BCUT2D eigenvalue weighted by molar-refractivity contribution is 5.66. The van der Waals surface area contributed by atoms with Crippen LogP contribution in [-0.2, 0) is 22.5 Å². The van der Waals surface area contributed by atoms with Crippen molar-refractivity contribution in [3.05, 3.63) is 11.9 Å². The molecule has 1 heterocycles. The quantitative estimate of drug-likeness (QED) is 0.650. The number of aryl methyl sites for hydroxylation is 1. The molecule has 1 unspecified atom stereocenters. The zero-order valence-electron chi connectivity index (χ0n) is 9.74. The van der Waals surface area contributed by atoms with Crippen LogP contribution in [0.25, 0.3) is 0 Å². The van der Waals surface area contributed by atoms with Gasteiger partial charge in [0.25, 0.3) is 0 Å². The van der Waals surface area contributed by atoms with Crippen molar-refractivity contribution in [1.82, 2.24) is 15.0 Å². The molecule has 1 rings (SSSR count). The number of nitrogens with zero attached hydrogens (tertiary/aromatic N) is 3. The van der Waals surface area contributed by atoms with E-state index in [0.29, 0.717) is 25.3 Å². The van der Waals surface area contributed by atoms with Crippen LogP contribution in [0.2, 0.25) is 0 Å². The van der Waals surface area contributed by atoms with E-state index >= 15 is 0 Å². The van der Waals surface area contributed by atoms with E-state index in [9.17, 15) is 9.90 Å². The topological polar surface area (TPSA) is 97.5 Å². The van der Waals surface area contributed by atoms with Gasteiger partial charge in [-0.3, -0.25) is 4.79 Å². The van der Waals surface area contributed by atoms with Crippen LogP contribution in [0.5, 0.6) is 0 Å². The van der Waals surface area contributed by atoms with E-state index in [0.717, 1.165) is 0 Å². The van der Waals surface area contributed by atoms with Crippen LogP contribution in [0.4, 0.5) is 0 Å². The van der Waals surface area contributed by atoms with Crippen molar-refractivity contribution in [1.29, 1.82) is 0 Å². The Labute approximate surface area is 99.0 Å². The van der Waals surface area contributed by atoms with E-state index < -0.39 is 12.1 Å². The fourth-order valence-electron chi connectivity index (χ4n) is 1.30. The van der Waals surface area contributed by atoms with Gasteiger partial charge in [-0.25, -0.2) is 4.68 Å². The number of carboxylic acid groups (broad SMARTS) is 1. The van der Waals surface area contributed by atoms with Gasteiger partial charge in [-0.15, -0.1) is 5.10 Å². The second-order valence-corrected chi connectivity index (χ2v) is 3.64. The lowest BCUT2D eigenvalue weighted by Crippen LogP contribution is -2.22. The van der Waals surface area contributed by atoms with Gasteiger partial charge in [-0.2, -0.15) is 0 Å². The first-order valence-corrected chi connectivity index (χ1v) is 5.48. The molecule has 2 N–H and O–H groups in total. The maximum atomic E-state index is 10.4. The lowest BCUT2D eigenvalue weighted by Gasteiger charge is -2.09. The molecule has 1 aromatic rings. The van der Waals surface area contributed by atoms with Crippen LogP contribution in [0.3, 0.4) is 0 Å². The van der Waals surface area contributed by atoms with Gasteiger partial charge in [0.15, 0.2) is 0 Å².